The van der Waals surface area contributed by atoms with Crippen LogP contribution in [-0.2, 0) is 0 Å². The van der Waals surface area contributed by atoms with Crippen molar-refractivity contribution >= 4 is 35.7 Å². The molecule has 0 aliphatic carbocycles. The van der Waals surface area contributed by atoms with Crippen LogP contribution in [0, 0.1) is 0 Å². The fraction of sp³-hybridized carbons (Fsp3) is 0.278. The van der Waals surface area contributed by atoms with Crippen molar-refractivity contribution in [3.05, 3.63) is 54.1 Å². The molecule has 0 aromatic heterocycles. The summed E-state index contributed by atoms with van der Waals surface area (Å²) in [6.07, 6.45) is 1.91. The van der Waals surface area contributed by atoms with E-state index in [9.17, 15) is 0 Å². The summed E-state index contributed by atoms with van der Waals surface area (Å²) in [6.45, 7) is 0. The van der Waals surface area contributed by atoms with Gasteiger partial charge in [-0.05, 0) is 54.1 Å². The molecule has 22 heavy (non-hydrogen) atoms. The van der Waals surface area contributed by atoms with Crippen LogP contribution < -0.4 is 9.38 Å². The molecule has 4 heteroatoms. The van der Waals surface area contributed by atoms with Crippen LogP contribution in [0.4, 0.5) is 17.1 Å². The predicted octanol–water partition coefficient (Wildman–Crippen LogP) is 4.12. The number of nitrogens with zero attached hydrogens (tertiary/aromatic N) is 3. The smallest absolute Gasteiger partial charge is 0.132 e. The number of hydrogen-bond acceptors (Lipinski definition) is 2. The standard InChI is InChI=1S/C18H24N3.ClH/c1-20(2)17-10-8-16(9-11-17)19-14-15-6-12-18(13-7-15)21(3,4)5;/h6-14H,1-5H3;1H/q+1;. The van der Waals surface area contributed by atoms with Crippen LogP contribution in [-0.4, -0.2) is 41.5 Å². The summed E-state index contributed by atoms with van der Waals surface area (Å²) in [4.78, 5) is 6.60. The Hall–Kier alpha value is -1.84. The molecule has 0 N–H and O–H groups in total. The Labute approximate surface area is 139 Å². The molecule has 0 aliphatic heterocycles. The highest BCUT2D eigenvalue weighted by Crippen LogP contribution is 2.19. The van der Waals surface area contributed by atoms with E-state index in [1.807, 2.05) is 32.4 Å². The summed E-state index contributed by atoms with van der Waals surface area (Å²) in [6, 6.07) is 16.7. The number of hydrogen-bond donors (Lipinski definition) is 0. The Balaban J connectivity index is 0.00000242. The molecule has 2 rings (SSSR count). The second-order valence-electron chi connectivity index (χ2n) is 6.27. The Bertz CT molecular complexity index is 608. The van der Waals surface area contributed by atoms with Crippen molar-refractivity contribution in [3.8, 4) is 0 Å². The first-order valence-corrected chi connectivity index (χ1v) is 7.10. The minimum absolute atomic E-state index is 0. The molecule has 0 spiro atoms. The Morgan fingerprint density at radius 2 is 1.41 bits per heavy atom. The summed E-state index contributed by atoms with van der Waals surface area (Å²) >= 11 is 0. The second kappa shape index (κ2) is 7.43. The third-order valence-corrected chi connectivity index (χ3v) is 3.40. The molecule has 2 aromatic rings. The molecule has 0 bridgehead atoms. The molecule has 0 unspecified atom stereocenters. The maximum Gasteiger partial charge on any atom is 0.132 e. The number of rotatable bonds is 4. The largest absolute Gasteiger partial charge is 0.378 e. The van der Waals surface area contributed by atoms with Gasteiger partial charge >= 0.3 is 0 Å². The topological polar surface area (TPSA) is 15.6 Å². The van der Waals surface area contributed by atoms with Crippen LogP contribution in [0.25, 0.3) is 0 Å². The molecule has 0 radical (unpaired) electrons. The second-order valence-corrected chi connectivity index (χ2v) is 6.27. The number of aliphatic imine (C=N–C) groups is 1. The van der Waals surface area contributed by atoms with Gasteiger partial charge in [-0.1, -0.05) is 0 Å². The number of benzene rings is 2. The quantitative estimate of drug-likeness (QED) is 0.611. The summed E-state index contributed by atoms with van der Waals surface area (Å²) in [5.41, 5.74) is 4.55. The van der Waals surface area contributed by atoms with Crippen LogP contribution in [0.5, 0.6) is 0 Å². The normalized spacial score (nSPS) is 11.3. The predicted molar refractivity (Wildman–Crippen MR) is 101 cm³/mol. The fourth-order valence-electron chi connectivity index (χ4n) is 1.99. The first-order chi connectivity index (χ1) is 9.86. The maximum atomic E-state index is 4.52. The lowest BCUT2D eigenvalue weighted by atomic mass is 10.2. The first kappa shape index (κ1) is 18.2. The highest BCUT2D eigenvalue weighted by atomic mass is 35.5. The van der Waals surface area contributed by atoms with Gasteiger partial charge in [-0.15, -0.1) is 12.4 Å². The molecule has 0 heterocycles. The molecule has 0 aliphatic rings. The van der Waals surface area contributed by atoms with Crippen molar-refractivity contribution in [2.24, 2.45) is 4.99 Å². The van der Waals surface area contributed by atoms with E-state index in [-0.39, 0.29) is 12.4 Å². The molecular weight excluding hydrogens is 294 g/mol. The summed E-state index contributed by atoms with van der Waals surface area (Å²) < 4.78 is 0.823. The first-order valence-electron chi connectivity index (χ1n) is 7.10. The van der Waals surface area contributed by atoms with E-state index >= 15 is 0 Å². The molecule has 2 aromatic carbocycles. The summed E-state index contributed by atoms with van der Waals surface area (Å²) in [5, 5.41) is 0. The molecule has 118 valence electrons. The summed E-state index contributed by atoms with van der Waals surface area (Å²) in [5.74, 6) is 0. The Kier molecular flexibility index (Phi) is 6.15. The van der Waals surface area contributed by atoms with Crippen molar-refractivity contribution < 1.29 is 0 Å². The van der Waals surface area contributed by atoms with Crippen LogP contribution in [0.1, 0.15) is 5.56 Å². The molecule has 0 atom stereocenters. The molecule has 0 saturated carbocycles. The van der Waals surface area contributed by atoms with Gasteiger partial charge in [0.1, 0.15) is 5.69 Å². The minimum atomic E-state index is 0. The van der Waals surface area contributed by atoms with Gasteiger partial charge in [-0.25, -0.2) is 0 Å². The van der Waals surface area contributed by atoms with Crippen LogP contribution in [0.2, 0.25) is 0 Å². The van der Waals surface area contributed by atoms with Crippen LogP contribution >= 0.6 is 12.4 Å². The highest BCUT2D eigenvalue weighted by Gasteiger charge is 2.10. The van der Waals surface area contributed by atoms with E-state index < -0.39 is 0 Å². The lowest BCUT2D eigenvalue weighted by Crippen LogP contribution is -2.34. The van der Waals surface area contributed by atoms with Crippen LogP contribution in [0.15, 0.2) is 53.5 Å². The van der Waals surface area contributed by atoms with Crippen molar-refractivity contribution in [3.63, 3.8) is 0 Å². The molecule has 0 amide bonds. The third-order valence-electron chi connectivity index (χ3n) is 3.40. The molecule has 0 saturated heterocycles. The van der Waals surface area contributed by atoms with Crippen molar-refractivity contribution in [1.82, 2.24) is 4.48 Å². The van der Waals surface area contributed by atoms with Gasteiger partial charge < -0.3 is 4.90 Å². The zero-order chi connectivity index (χ0) is 15.5. The van der Waals surface area contributed by atoms with Gasteiger partial charge in [0, 0.05) is 26.0 Å². The average molecular weight is 319 g/mol. The van der Waals surface area contributed by atoms with Gasteiger partial charge in [0.15, 0.2) is 0 Å². The Morgan fingerprint density at radius 3 is 1.86 bits per heavy atom. The van der Waals surface area contributed by atoms with Gasteiger partial charge in [0.05, 0.1) is 26.8 Å². The van der Waals surface area contributed by atoms with Crippen molar-refractivity contribution in [2.45, 2.75) is 0 Å². The van der Waals surface area contributed by atoms with Crippen LogP contribution in [0.3, 0.4) is 0 Å². The van der Waals surface area contributed by atoms with E-state index in [1.54, 1.807) is 0 Å². The highest BCUT2D eigenvalue weighted by molar-refractivity contribution is 5.85. The Morgan fingerprint density at radius 1 is 0.864 bits per heavy atom. The molecular formula is C18H25ClN3+. The zero-order valence-electron chi connectivity index (χ0n) is 13.9. The van der Waals surface area contributed by atoms with E-state index in [0.29, 0.717) is 0 Å². The van der Waals surface area contributed by atoms with E-state index in [2.05, 4.69) is 67.4 Å². The van der Waals surface area contributed by atoms with Crippen molar-refractivity contribution in [2.75, 3.05) is 40.1 Å². The van der Waals surface area contributed by atoms with Gasteiger partial charge in [-0.2, -0.15) is 0 Å². The minimum Gasteiger partial charge on any atom is -0.378 e. The lowest BCUT2D eigenvalue weighted by molar-refractivity contribution is 0.486. The third kappa shape index (κ3) is 4.86. The van der Waals surface area contributed by atoms with Gasteiger partial charge in [0.2, 0.25) is 0 Å². The van der Waals surface area contributed by atoms with E-state index in [1.165, 1.54) is 11.4 Å². The van der Waals surface area contributed by atoms with E-state index in [0.717, 1.165) is 15.7 Å². The molecule has 3 nitrogen and oxygen atoms in total. The van der Waals surface area contributed by atoms with Crippen molar-refractivity contribution in [1.29, 1.82) is 0 Å². The zero-order valence-corrected chi connectivity index (χ0v) is 14.8. The summed E-state index contributed by atoms with van der Waals surface area (Å²) in [7, 11) is 10.6. The van der Waals surface area contributed by atoms with Gasteiger partial charge in [0.25, 0.3) is 0 Å². The average Bonchev–Trinajstić information content (AvgIpc) is 2.45. The maximum absolute atomic E-state index is 4.52. The number of anilines is 1. The van der Waals surface area contributed by atoms with Gasteiger partial charge in [-0.3, -0.25) is 9.48 Å². The SMILES string of the molecule is CN(C)c1ccc(N=Cc2ccc([N+](C)(C)C)cc2)cc1.Cl. The fourth-order valence-corrected chi connectivity index (χ4v) is 1.99. The number of halogens is 1. The molecule has 0 fully saturated rings. The monoisotopic (exact) mass is 318 g/mol. The number of quaternary nitrogens is 1. The van der Waals surface area contributed by atoms with E-state index in [4.69, 9.17) is 0 Å². The lowest BCUT2D eigenvalue weighted by Gasteiger charge is -2.23.